The predicted molar refractivity (Wildman–Crippen MR) is 71.7 cm³/mol. The molecule has 2 aromatic rings. The molecule has 3 heterocycles. The molecule has 0 aromatic carbocycles. The van der Waals surface area contributed by atoms with Gasteiger partial charge in [-0.05, 0) is 24.0 Å². The molecule has 2 N–H and O–H groups in total. The molecule has 4 rings (SSSR count). The fourth-order valence-electron chi connectivity index (χ4n) is 3.01. The Morgan fingerprint density at radius 1 is 1.33 bits per heavy atom. The summed E-state index contributed by atoms with van der Waals surface area (Å²) in [5.41, 5.74) is 6.87. The SMILES string of the molecule is NC1C2CN(c3nc(Cl)cc4ncccc34)CC12. The number of hydrogen-bond donors (Lipinski definition) is 1. The Morgan fingerprint density at radius 2 is 2.11 bits per heavy atom. The number of hydrogen-bond acceptors (Lipinski definition) is 4. The van der Waals surface area contributed by atoms with Gasteiger partial charge in [0.1, 0.15) is 11.0 Å². The molecule has 1 aliphatic carbocycles. The molecule has 0 spiro atoms. The molecular weight excluding hydrogens is 248 g/mol. The number of pyridine rings is 2. The Kier molecular flexibility index (Phi) is 2.08. The topological polar surface area (TPSA) is 55.0 Å². The van der Waals surface area contributed by atoms with Crippen LogP contribution in [0.2, 0.25) is 5.15 Å². The fraction of sp³-hybridized carbons (Fsp3) is 0.385. The second-order valence-electron chi connectivity index (χ2n) is 5.15. The highest BCUT2D eigenvalue weighted by Gasteiger charge is 2.54. The Labute approximate surface area is 110 Å². The van der Waals surface area contributed by atoms with Gasteiger partial charge in [0.25, 0.3) is 0 Å². The average Bonchev–Trinajstić information content (AvgIpc) is 2.81. The molecule has 1 saturated carbocycles. The lowest BCUT2D eigenvalue weighted by atomic mass is 10.2. The third-order valence-corrected chi connectivity index (χ3v) is 4.30. The van der Waals surface area contributed by atoms with E-state index >= 15 is 0 Å². The molecule has 1 saturated heterocycles. The maximum atomic E-state index is 6.08. The van der Waals surface area contributed by atoms with Gasteiger partial charge in [0, 0.05) is 36.8 Å². The summed E-state index contributed by atoms with van der Waals surface area (Å²) >= 11 is 6.08. The number of anilines is 1. The van der Waals surface area contributed by atoms with Crippen LogP contribution in [0.15, 0.2) is 24.4 Å². The quantitative estimate of drug-likeness (QED) is 0.793. The molecule has 2 fully saturated rings. The lowest BCUT2D eigenvalue weighted by Gasteiger charge is -2.21. The van der Waals surface area contributed by atoms with E-state index in [2.05, 4.69) is 14.9 Å². The molecule has 0 bridgehead atoms. The van der Waals surface area contributed by atoms with Crippen LogP contribution in [-0.2, 0) is 0 Å². The van der Waals surface area contributed by atoms with Crippen LogP contribution < -0.4 is 10.6 Å². The van der Waals surface area contributed by atoms with Crippen molar-refractivity contribution in [3.05, 3.63) is 29.5 Å². The summed E-state index contributed by atoms with van der Waals surface area (Å²) in [5, 5.41) is 1.57. The zero-order valence-electron chi connectivity index (χ0n) is 9.75. The molecule has 0 amide bonds. The standard InChI is InChI=1S/C13H13ClN4/c14-11-4-10-7(2-1-3-16-10)13(17-11)18-5-8-9(6-18)12(8)15/h1-4,8-9,12H,5-6,15H2. The number of nitrogens with two attached hydrogens (primary N) is 1. The van der Waals surface area contributed by atoms with Crippen molar-refractivity contribution >= 4 is 28.3 Å². The average molecular weight is 261 g/mol. The highest BCUT2D eigenvalue weighted by Crippen LogP contribution is 2.45. The van der Waals surface area contributed by atoms with Crippen LogP contribution in [0.25, 0.3) is 10.9 Å². The number of piperidine rings is 1. The highest BCUT2D eigenvalue weighted by molar-refractivity contribution is 6.30. The van der Waals surface area contributed by atoms with Crippen molar-refractivity contribution in [2.75, 3.05) is 18.0 Å². The summed E-state index contributed by atoms with van der Waals surface area (Å²) < 4.78 is 0. The minimum Gasteiger partial charge on any atom is -0.355 e. The third-order valence-electron chi connectivity index (χ3n) is 4.11. The molecule has 0 radical (unpaired) electrons. The number of rotatable bonds is 1. The molecule has 2 atom stereocenters. The largest absolute Gasteiger partial charge is 0.355 e. The number of nitrogens with zero attached hydrogens (tertiary/aromatic N) is 3. The molecule has 5 heteroatoms. The predicted octanol–water partition coefficient (Wildman–Crippen LogP) is 1.68. The van der Waals surface area contributed by atoms with E-state index in [1.807, 2.05) is 18.2 Å². The van der Waals surface area contributed by atoms with E-state index in [1.165, 1.54) is 0 Å². The molecule has 2 unspecified atom stereocenters. The van der Waals surface area contributed by atoms with E-state index in [4.69, 9.17) is 17.3 Å². The lowest BCUT2D eigenvalue weighted by molar-refractivity contribution is 0.738. The van der Waals surface area contributed by atoms with Crippen molar-refractivity contribution in [1.29, 1.82) is 0 Å². The summed E-state index contributed by atoms with van der Waals surface area (Å²) in [6.07, 6.45) is 1.78. The number of halogens is 1. The van der Waals surface area contributed by atoms with Gasteiger partial charge < -0.3 is 10.6 Å². The minimum atomic E-state index is 0.393. The molecule has 2 aromatic heterocycles. The fourth-order valence-corrected chi connectivity index (χ4v) is 3.20. The van der Waals surface area contributed by atoms with Crippen LogP contribution in [0, 0.1) is 11.8 Å². The third kappa shape index (κ3) is 1.42. The summed E-state index contributed by atoms with van der Waals surface area (Å²) in [4.78, 5) is 11.1. The zero-order valence-corrected chi connectivity index (χ0v) is 10.5. The van der Waals surface area contributed by atoms with Crippen molar-refractivity contribution < 1.29 is 0 Å². The van der Waals surface area contributed by atoms with Crippen molar-refractivity contribution in [3.8, 4) is 0 Å². The second-order valence-corrected chi connectivity index (χ2v) is 5.54. The van der Waals surface area contributed by atoms with E-state index in [0.717, 1.165) is 29.8 Å². The Hall–Kier alpha value is -1.39. The van der Waals surface area contributed by atoms with Crippen LogP contribution in [0.3, 0.4) is 0 Å². The van der Waals surface area contributed by atoms with Crippen LogP contribution >= 0.6 is 11.6 Å². The van der Waals surface area contributed by atoms with Crippen LogP contribution in [0.5, 0.6) is 0 Å². The molecule has 1 aliphatic heterocycles. The van der Waals surface area contributed by atoms with E-state index in [1.54, 1.807) is 6.20 Å². The van der Waals surface area contributed by atoms with Gasteiger partial charge in [-0.25, -0.2) is 4.98 Å². The van der Waals surface area contributed by atoms with E-state index in [0.29, 0.717) is 23.0 Å². The Bertz CT molecular complexity index is 617. The summed E-state index contributed by atoms with van der Waals surface area (Å²) in [6, 6.07) is 6.18. The molecule has 2 aliphatic rings. The number of fused-ring (bicyclic) bond motifs is 2. The van der Waals surface area contributed by atoms with Gasteiger partial charge in [-0.3, -0.25) is 4.98 Å². The van der Waals surface area contributed by atoms with E-state index < -0.39 is 0 Å². The number of aromatic nitrogens is 2. The van der Waals surface area contributed by atoms with Crippen LogP contribution in [-0.4, -0.2) is 29.1 Å². The van der Waals surface area contributed by atoms with Crippen molar-refractivity contribution in [2.24, 2.45) is 17.6 Å². The van der Waals surface area contributed by atoms with Crippen molar-refractivity contribution in [3.63, 3.8) is 0 Å². The van der Waals surface area contributed by atoms with Crippen molar-refractivity contribution in [2.45, 2.75) is 6.04 Å². The zero-order chi connectivity index (χ0) is 12.3. The maximum absolute atomic E-state index is 6.08. The van der Waals surface area contributed by atoms with Gasteiger partial charge in [-0.15, -0.1) is 0 Å². The molecule has 18 heavy (non-hydrogen) atoms. The van der Waals surface area contributed by atoms with Crippen LogP contribution in [0.4, 0.5) is 5.82 Å². The Morgan fingerprint density at radius 3 is 2.89 bits per heavy atom. The minimum absolute atomic E-state index is 0.393. The normalized spacial score (nSPS) is 29.7. The molecule has 92 valence electrons. The Balaban J connectivity index is 1.80. The second kappa shape index (κ2) is 3.56. The smallest absolute Gasteiger partial charge is 0.139 e. The first kappa shape index (κ1) is 10.5. The summed E-state index contributed by atoms with van der Waals surface area (Å²) in [6.45, 7) is 1.98. The first-order valence-corrected chi connectivity index (χ1v) is 6.53. The highest BCUT2D eigenvalue weighted by atomic mass is 35.5. The van der Waals surface area contributed by atoms with Gasteiger partial charge >= 0.3 is 0 Å². The first-order chi connectivity index (χ1) is 8.74. The van der Waals surface area contributed by atoms with Crippen molar-refractivity contribution in [1.82, 2.24) is 9.97 Å². The van der Waals surface area contributed by atoms with Gasteiger partial charge in [0.15, 0.2) is 0 Å². The van der Waals surface area contributed by atoms with E-state index in [9.17, 15) is 0 Å². The van der Waals surface area contributed by atoms with E-state index in [-0.39, 0.29) is 0 Å². The van der Waals surface area contributed by atoms with Gasteiger partial charge in [-0.1, -0.05) is 11.6 Å². The molecule has 4 nitrogen and oxygen atoms in total. The molecular formula is C13H13ClN4. The summed E-state index contributed by atoms with van der Waals surface area (Å²) in [5.74, 6) is 2.22. The first-order valence-electron chi connectivity index (χ1n) is 6.16. The van der Waals surface area contributed by atoms with Gasteiger partial charge in [0.2, 0.25) is 0 Å². The summed E-state index contributed by atoms with van der Waals surface area (Å²) in [7, 11) is 0. The maximum Gasteiger partial charge on any atom is 0.139 e. The lowest BCUT2D eigenvalue weighted by Crippen LogP contribution is -2.28. The van der Waals surface area contributed by atoms with Gasteiger partial charge in [0.05, 0.1) is 5.52 Å². The van der Waals surface area contributed by atoms with Gasteiger partial charge in [-0.2, -0.15) is 0 Å². The van der Waals surface area contributed by atoms with Crippen LogP contribution in [0.1, 0.15) is 0 Å². The monoisotopic (exact) mass is 260 g/mol.